The molecule has 0 aromatic heterocycles. The van der Waals surface area contributed by atoms with Crippen LogP contribution in [0, 0.1) is 5.82 Å². The van der Waals surface area contributed by atoms with Gasteiger partial charge >= 0.3 is 11.8 Å². The van der Waals surface area contributed by atoms with Gasteiger partial charge in [0.25, 0.3) is 0 Å². The van der Waals surface area contributed by atoms with Crippen LogP contribution in [0.4, 0.5) is 10.1 Å². The third-order valence-corrected chi connectivity index (χ3v) is 3.14. The minimum absolute atomic E-state index is 0.0940. The van der Waals surface area contributed by atoms with Crippen LogP contribution in [0.15, 0.2) is 47.6 Å². The van der Waals surface area contributed by atoms with E-state index < -0.39 is 17.6 Å². The van der Waals surface area contributed by atoms with Gasteiger partial charge in [-0.25, -0.2) is 9.82 Å². The van der Waals surface area contributed by atoms with E-state index in [9.17, 15) is 14.0 Å². The van der Waals surface area contributed by atoms with Gasteiger partial charge in [0.2, 0.25) is 0 Å². The second kappa shape index (κ2) is 8.44. The van der Waals surface area contributed by atoms with Crippen LogP contribution in [0.3, 0.4) is 0 Å². The molecule has 2 N–H and O–H groups in total. The molecule has 25 heavy (non-hydrogen) atoms. The lowest BCUT2D eigenvalue weighted by Gasteiger charge is -2.07. The van der Waals surface area contributed by atoms with Gasteiger partial charge in [-0.1, -0.05) is 12.1 Å². The first-order valence-corrected chi connectivity index (χ1v) is 7.16. The number of carbonyl (C=O) groups is 2. The molecule has 0 spiro atoms. The largest absolute Gasteiger partial charge is 0.497 e. The maximum Gasteiger partial charge on any atom is 0.329 e. The molecule has 2 amide bonds. The quantitative estimate of drug-likeness (QED) is 0.492. The summed E-state index contributed by atoms with van der Waals surface area (Å²) in [5.74, 6) is -1.64. The van der Waals surface area contributed by atoms with E-state index in [4.69, 9.17) is 9.47 Å². The molecule has 0 heterocycles. The molecule has 0 aliphatic rings. The third-order valence-electron chi connectivity index (χ3n) is 3.14. The number of methoxy groups -OCH3 is 2. The van der Waals surface area contributed by atoms with Crippen molar-refractivity contribution in [1.82, 2.24) is 5.43 Å². The lowest BCUT2D eigenvalue weighted by atomic mass is 10.2. The molecule has 8 heteroatoms. The van der Waals surface area contributed by atoms with Crippen LogP contribution in [0.5, 0.6) is 11.5 Å². The first-order valence-electron chi connectivity index (χ1n) is 7.16. The first-order chi connectivity index (χ1) is 12.0. The minimum atomic E-state index is -1.04. The average Bonchev–Trinajstić information content (AvgIpc) is 2.63. The Balaban J connectivity index is 1.98. The van der Waals surface area contributed by atoms with Crippen molar-refractivity contribution >= 4 is 23.7 Å². The number of carbonyl (C=O) groups excluding carboxylic acids is 2. The Labute approximate surface area is 143 Å². The number of para-hydroxylation sites is 1. The van der Waals surface area contributed by atoms with E-state index in [-0.39, 0.29) is 5.69 Å². The monoisotopic (exact) mass is 345 g/mol. The van der Waals surface area contributed by atoms with Crippen molar-refractivity contribution in [3.63, 3.8) is 0 Å². The zero-order valence-corrected chi connectivity index (χ0v) is 13.6. The number of hydrazone groups is 1. The molecule has 0 fully saturated rings. The molecule has 0 aliphatic heterocycles. The number of anilines is 1. The highest BCUT2D eigenvalue weighted by atomic mass is 19.1. The summed E-state index contributed by atoms with van der Waals surface area (Å²) in [5, 5.41) is 5.85. The molecule has 2 aromatic rings. The first kappa shape index (κ1) is 17.9. The molecule has 0 bridgehead atoms. The van der Waals surface area contributed by atoms with Gasteiger partial charge in [0.05, 0.1) is 26.1 Å². The van der Waals surface area contributed by atoms with E-state index in [1.165, 1.54) is 44.7 Å². The van der Waals surface area contributed by atoms with Gasteiger partial charge < -0.3 is 14.8 Å². The Bertz CT molecular complexity index is 808. The minimum Gasteiger partial charge on any atom is -0.497 e. The van der Waals surface area contributed by atoms with Crippen LogP contribution in [-0.2, 0) is 9.59 Å². The van der Waals surface area contributed by atoms with Crippen molar-refractivity contribution in [1.29, 1.82) is 0 Å². The zero-order valence-electron chi connectivity index (χ0n) is 13.6. The van der Waals surface area contributed by atoms with Gasteiger partial charge in [-0.2, -0.15) is 5.10 Å². The molecule has 2 aromatic carbocycles. The van der Waals surface area contributed by atoms with Crippen LogP contribution < -0.4 is 20.2 Å². The number of benzene rings is 2. The number of halogens is 1. The highest BCUT2D eigenvalue weighted by Crippen LogP contribution is 2.22. The number of nitrogens with one attached hydrogen (secondary N) is 2. The summed E-state index contributed by atoms with van der Waals surface area (Å²) in [6.07, 6.45) is 1.31. The molecule has 0 saturated heterocycles. The van der Waals surface area contributed by atoms with Gasteiger partial charge in [-0.3, -0.25) is 9.59 Å². The molecule has 0 radical (unpaired) electrons. The van der Waals surface area contributed by atoms with Crippen LogP contribution in [-0.4, -0.2) is 32.2 Å². The molecule has 2 rings (SSSR count). The summed E-state index contributed by atoms with van der Waals surface area (Å²) >= 11 is 0. The fourth-order valence-electron chi connectivity index (χ4n) is 1.88. The Morgan fingerprint density at radius 1 is 1.08 bits per heavy atom. The number of ether oxygens (including phenoxy) is 2. The van der Waals surface area contributed by atoms with Crippen molar-refractivity contribution < 1.29 is 23.5 Å². The van der Waals surface area contributed by atoms with Crippen molar-refractivity contribution in [3.8, 4) is 11.5 Å². The van der Waals surface area contributed by atoms with Crippen molar-refractivity contribution in [3.05, 3.63) is 53.8 Å². The van der Waals surface area contributed by atoms with E-state index >= 15 is 0 Å². The zero-order chi connectivity index (χ0) is 18.2. The maximum absolute atomic E-state index is 13.4. The van der Waals surface area contributed by atoms with Crippen molar-refractivity contribution in [2.45, 2.75) is 0 Å². The normalized spacial score (nSPS) is 10.4. The molecule has 0 aliphatic carbocycles. The smallest absolute Gasteiger partial charge is 0.329 e. The Morgan fingerprint density at radius 3 is 2.52 bits per heavy atom. The van der Waals surface area contributed by atoms with Crippen molar-refractivity contribution in [2.24, 2.45) is 5.10 Å². The Hall–Kier alpha value is -3.42. The maximum atomic E-state index is 13.4. The fraction of sp³-hybridized carbons (Fsp3) is 0.118. The number of hydrogen-bond acceptors (Lipinski definition) is 5. The summed E-state index contributed by atoms with van der Waals surface area (Å²) in [6, 6.07) is 10.5. The van der Waals surface area contributed by atoms with Gasteiger partial charge in [0.15, 0.2) is 0 Å². The number of hydrogen-bond donors (Lipinski definition) is 2. The summed E-state index contributed by atoms with van der Waals surface area (Å²) in [6.45, 7) is 0. The predicted molar refractivity (Wildman–Crippen MR) is 90.3 cm³/mol. The summed E-state index contributed by atoms with van der Waals surface area (Å²) < 4.78 is 23.7. The molecule has 7 nitrogen and oxygen atoms in total. The van der Waals surface area contributed by atoms with Crippen LogP contribution in [0.1, 0.15) is 5.56 Å². The SMILES string of the molecule is COc1ccc(/C=N\NC(=O)C(=O)Nc2ccccc2F)c(OC)c1. The van der Waals surface area contributed by atoms with Gasteiger partial charge in [-0.05, 0) is 24.3 Å². The van der Waals surface area contributed by atoms with Crippen LogP contribution >= 0.6 is 0 Å². The highest BCUT2D eigenvalue weighted by molar-refractivity contribution is 6.39. The van der Waals surface area contributed by atoms with E-state index in [2.05, 4.69) is 15.8 Å². The lowest BCUT2D eigenvalue weighted by Crippen LogP contribution is -2.32. The Kier molecular flexibility index (Phi) is 6.05. The second-order valence-electron chi connectivity index (χ2n) is 4.74. The highest BCUT2D eigenvalue weighted by Gasteiger charge is 2.14. The third kappa shape index (κ3) is 4.77. The topological polar surface area (TPSA) is 89.0 Å². The summed E-state index contributed by atoms with van der Waals surface area (Å²) in [4.78, 5) is 23.4. The molecule has 130 valence electrons. The van der Waals surface area contributed by atoms with Crippen LogP contribution in [0.25, 0.3) is 0 Å². The fourth-order valence-corrected chi connectivity index (χ4v) is 1.88. The molecule has 0 saturated carbocycles. The van der Waals surface area contributed by atoms with E-state index in [1.807, 2.05) is 0 Å². The van der Waals surface area contributed by atoms with Gasteiger partial charge in [0, 0.05) is 11.6 Å². The Morgan fingerprint density at radius 2 is 1.84 bits per heavy atom. The number of nitrogens with zero attached hydrogens (tertiary/aromatic N) is 1. The standard InChI is InChI=1S/C17H16FN3O4/c1-24-12-8-7-11(15(9-12)25-2)10-19-21-17(23)16(22)20-14-6-4-3-5-13(14)18/h3-10H,1-2H3,(H,20,22)(H,21,23)/b19-10-. The van der Waals surface area contributed by atoms with E-state index in [0.29, 0.717) is 17.1 Å². The molecule has 0 atom stereocenters. The average molecular weight is 345 g/mol. The van der Waals surface area contributed by atoms with E-state index in [1.54, 1.807) is 18.2 Å². The van der Waals surface area contributed by atoms with Gasteiger partial charge in [-0.15, -0.1) is 0 Å². The number of amides is 2. The predicted octanol–water partition coefficient (Wildman–Crippen LogP) is 1.93. The van der Waals surface area contributed by atoms with Crippen molar-refractivity contribution in [2.75, 3.05) is 19.5 Å². The number of rotatable bonds is 5. The summed E-state index contributed by atoms with van der Waals surface area (Å²) in [7, 11) is 3.00. The molecular weight excluding hydrogens is 329 g/mol. The lowest BCUT2D eigenvalue weighted by molar-refractivity contribution is -0.136. The van der Waals surface area contributed by atoms with Gasteiger partial charge in [0.1, 0.15) is 17.3 Å². The molecule has 0 unspecified atom stereocenters. The van der Waals surface area contributed by atoms with Crippen LogP contribution in [0.2, 0.25) is 0 Å². The summed E-state index contributed by atoms with van der Waals surface area (Å²) in [5.41, 5.74) is 2.53. The van der Waals surface area contributed by atoms with E-state index in [0.717, 1.165) is 0 Å². The second-order valence-corrected chi connectivity index (χ2v) is 4.74. The molecular formula is C17H16FN3O4.